The Hall–Kier alpha value is -2.05. The molecule has 154 valence electrons. The third-order valence-corrected chi connectivity index (χ3v) is 10.4. The summed E-state index contributed by atoms with van der Waals surface area (Å²) >= 11 is 0. The second-order valence-corrected chi connectivity index (χ2v) is 12.8. The zero-order valence-corrected chi connectivity index (χ0v) is 18.5. The van der Waals surface area contributed by atoms with Crippen molar-refractivity contribution in [2.24, 2.45) is 0 Å². The number of ketones is 1. The number of allylic oxidation sites excluding steroid dienone is 1. The van der Waals surface area contributed by atoms with E-state index in [0.29, 0.717) is 6.42 Å². The molecule has 1 N–H and O–H groups in total. The first kappa shape index (κ1) is 21.7. The third-order valence-electron chi connectivity index (χ3n) is 5.38. The Kier molecular flexibility index (Phi) is 6.54. The molecule has 0 amide bonds. The average molecular weight is 411 g/mol. The minimum Gasteiger partial charge on any atom is -0.401 e. The van der Waals surface area contributed by atoms with Crippen molar-refractivity contribution in [2.75, 3.05) is 0 Å². The molecule has 2 aromatic carbocycles. The average Bonchev–Trinajstić information content (AvgIpc) is 3.04. The summed E-state index contributed by atoms with van der Waals surface area (Å²) in [5, 5.41) is 12.4. The van der Waals surface area contributed by atoms with Crippen molar-refractivity contribution in [1.29, 1.82) is 0 Å². The summed E-state index contributed by atoms with van der Waals surface area (Å²) in [5.74, 6) is -0.0563. The van der Waals surface area contributed by atoms with E-state index in [0.717, 1.165) is 0 Å². The maximum absolute atomic E-state index is 11.4. The van der Waals surface area contributed by atoms with Crippen LogP contribution in [0.2, 0.25) is 5.04 Å². The Morgan fingerprint density at radius 1 is 1.07 bits per heavy atom. The molecule has 5 heteroatoms. The van der Waals surface area contributed by atoms with Crippen LogP contribution >= 0.6 is 0 Å². The smallest absolute Gasteiger partial charge is 0.261 e. The molecule has 1 aliphatic heterocycles. The van der Waals surface area contributed by atoms with Crippen LogP contribution in [0, 0.1) is 0 Å². The molecule has 29 heavy (non-hydrogen) atoms. The summed E-state index contributed by atoms with van der Waals surface area (Å²) in [7, 11) is -2.75. The fraction of sp³-hybridized carbons (Fsp3) is 0.375. The molecule has 0 aliphatic carbocycles. The second kappa shape index (κ2) is 8.75. The molecule has 3 atom stereocenters. The summed E-state index contributed by atoms with van der Waals surface area (Å²) in [5.41, 5.74) is 0. The van der Waals surface area contributed by atoms with Gasteiger partial charge in [0.15, 0.2) is 12.1 Å². The van der Waals surface area contributed by atoms with Crippen molar-refractivity contribution in [2.45, 2.75) is 57.7 Å². The van der Waals surface area contributed by atoms with Gasteiger partial charge in [-0.05, 0) is 34.5 Å². The Morgan fingerprint density at radius 2 is 1.59 bits per heavy atom. The van der Waals surface area contributed by atoms with Crippen LogP contribution in [0.5, 0.6) is 0 Å². The van der Waals surface area contributed by atoms with Gasteiger partial charge in [0.2, 0.25) is 0 Å². The summed E-state index contributed by atoms with van der Waals surface area (Å²) < 4.78 is 12.7. The van der Waals surface area contributed by atoms with Gasteiger partial charge in [0.25, 0.3) is 8.32 Å². The van der Waals surface area contributed by atoms with Crippen LogP contribution < -0.4 is 10.4 Å². The number of aliphatic hydroxyl groups excluding tert-OH is 1. The van der Waals surface area contributed by atoms with Crippen LogP contribution in [-0.4, -0.2) is 37.7 Å². The van der Waals surface area contributed by atoms with E-state index in [2.05, 4.69) is 45.0 Å². The Bertz CT molecular complexity index is 803. The molecule has 0 radical (unpaired) electrons. The summed E-state index contributed by atoms with van der Waals surface area (Å²) in [6, 6.07) is 20.7. The SMILES string of the molecule is CC(=O)/C=C/[C@H]1OC(O)C[C@H]1O[Si](c1ccccc1)(c1ccccc1)C(C)(C)C. The van der Waals surface area contributed by atoms with Crippen molar-refractivity contribution in [3.63, 3.8) is 0 Å². The Morgan fingerprint density at radius 3 is 2.03 bits per heavy atom. The number of aliphatic hydroxyl groups is 1. The van der Waals surface area contributed by atoms with E-state index in [4.69, 9.17) is 9.16 Å². The van der Waals surface area contributed by atoms with Gasteiger partial charge in [-0.15, -0.1) is 0 Å². The first-order valence-electron chi connectivity index (χ1n) is 10.1. The molecule has 1 heterocycles. The second-order valence-electron chi connectivity index (χ2n) is 8.58. The molecule has 2 aromatic rings. The lowest BCUT2D eigenvalue weighted by Crippen LogP contribution is -2.68. The number of hydrogen-bond acceptors (Lipinski definition) is 4. The van der Waals surface area contributed by atoms with Gasteiger partial charge in [-0.3, -0.25) is 4.79 Å². The molecule has 3 rings (SSSR count). The van der Waals surface area contributed by atoms with E-state index in [1.54, 1.807) is 6.08 Å². The van der Waals surface area contributed by atoms with Crippen LogP contribution in [0.4, 0.5) is 0 Å². The van der Waals surface area contributed by atoms with Gasteiger partial charge in [0.05, 0.1) is 6.10 Å². The largest absolute Gasteiger partial charge is 0.401 e. The zero-order chi connectivity index (χ0) is 21.1. The highest BCUT2D eigenvalue weighted by Crippen LogP contribution is 2.39. The molecule has 4 nitrogen and oxygen atoms in total. The summed E-state index contributed by atoms with van der Waals surface area (Å²) in [6.45, 7) is 8.14. The van der Waals surface area contributed by atoms with Gasteiger partial charge in [-0.25, -0.2) is 0 Å². The molecule has 1 aliphatic rings. The lowest BCUT2D eigenvalue weighted by molar-refractivity contribution is -0.112. The van der Waals surface area contributed by atoms with E-state index < -0.39 is 20.7 Å². The fourth-order valence-electron chi connectivity index (χ4n) is 4.09. The summed E-state index contributed by atoms with van der Waals surface area (Å²) in [6.07, 6.45) is 1.87. The lowest BCUT2D eigenvalue weighted by Gasteiger charge is -2.45. The highest BCUT2D eigenvalue weighted by atomic mass is 28.4. The number of rotatable bonds is 6. The van der Waals surface area contributed by atoms with Crippen LogP contribution in [0.1, 0.15) is 34.1 Å². The molecule has 1 fully saturated rings. The summed E-state index contributed by atoms with van der Waals surface area (Å²) in [4.78, 5) is 11.4. The number of hydrogen-bond donors (Lipinski definition) is 1. The van der Waals surface area contributed by atoms with E-state index >= 15 is 0 Å². The molecule has 0 saturated carbocycles. The fourth-order valence-corrected chi connectivity index (χ4v) is 8.79. The van der Waals surface area contributed by atoms with Gasteiger partial charge in [0.1, 0.15) is 6.10 Å². The molecule has 0 bridgehead atoms. The maximum Gasteiger partial charge on any atom is 0.261 e. The molecule has 0 aromatic heterocycles. The normalized spacial score (nSPS) is 22.9. The van der Waals surface area contributed by atoms with Crippen LogP contribution in [0.15, 0.2) is 72.8 Å². The molecule has 1 unspecified atom stereocenters. The van der Waals surface area contributed by atoms with Crippen molar-refractivity contribution in [3.05, 3.63) is 72.8 Å². The highest BCUT2D eigenvalue weighted by molar-refractivity contribution is 6.99. The highest BCUT2D eigenvalue weighted by Gasteiger charge is 2.53. The van der Waals surface area contributed by atoms with Crippen molar-refractivity contribution < 1.29 is 19.1 Å². The maximum atomic E-state index is 11.4. The van der Waals surface area contributed by atoms with E-state index in [-0.39, 0.29) is 16.9 Å². The number of ether oxygens (including phenoxy) is 1. The Balaban J connectivity index is 2.12. The quantitative estimate of drug-likeness (QED) is 0.587. The molecule has 0 spiro atoms. The number of benzene rings is 2. The van der Waals surface area contributed by atoms with Gasteiger partial charge < -0.3 is 14.3 Å². The van der Waals surface area contributed by atoms with E-state index in [1.165, 1.54) is 23.4 Å². The van der Waals surface area contributed by atoms with Crippen molar-refractivity contribution >= 4 is 24.5 Å². The van der Waals surface area contributed by atoms with Crippen molar-refractivity contribution in [3.8, 4) is 0 Å². The Labute approximate surface area is 174 Å². The molecule has 1 saturated heterocycles. The van der Waals surface area contributed by atoms with Crippen LogP contribution in [0.3, 0.4) is 0 Å². The number of carbonyl (C=O) groups is 1. The first-order chi connectivity index (χ1) is 13.7. The van der Waals surface area contributed by atoms with Gasteiger partial charge in [-0.2, -0.15) is 0 Å². The topological polar surface area (TPSA) is 55.8 Å². The molecular formula is C24H30O4Si. The number of carbonyl (C=O) groups excluding carboxylic acids is 1. The van der Waals surface area contributed by atoms with Gasteiger partial charge in [-0.1, -0.05) is 81.4 Å². The van der Waals surface area contributed by atoms with Gasteiger partial charge in [0, 0.05) is 6.42 Å². The van der Waals surface area contributed by atoms with E-state index in [9.17, 15) is 9.90 Å². The minimum atomic E-state index is -2.75. The van der Waals surface area contributed by atoms with Crippen LogP contribution in [0.25, 0.3) is 0 Å². The minimum absolute atomic E-state index is 0.0563. The third kappa shape index (κ3) is 4.59. The van der Waals surface area contributed by atoms with Crippen LogP contribution in [-0.2, 0) is 14.0 Å². The zero-order valence-electron chi connectivity index (χ0n) is 17.5. The predicted molar refractivity (Wildman–Crippen MR) is 118 cm³/mol. The van der Waals surface area contributed by atoms with Gasteiger partial charge >= 0.3 is 0 Å². The van der Waals surface area contributed by atoms with E-state index in [1.807, 2.05) is 36.4 Å². The van der Waals surface area contributed by atoms with Crippen molar-refractivity contribution in [1.82, 2.24) is 0 Å². The lowest BCUT2D eigenvalue weighted by atomic mass is 10.1. The standard InChI is InChI=1S/C24H30O4Si/c1-18(25)15-16-21-22(17-23(26)27-21)28-29(24(2,3)4,19-11-7-5-8-12-19)20-13-9-6-10-14-20/h5-16,21-23,26H,17H2,1-4H3/b16-15+/t21-,22-,23?/m1/s1. The molecular weight excluding hydrogens is 380 g/mol. The first-order valence-corrected chi connectivity index (χ1v) is 12.0. The monoisotopic (exact) mass is 410 g/mol. The predicted octanol–water partition coefficient (Wildman–Crippen LogP) is 3.18.